The molecule has 0 saturated carbocycles. The topological polar surface area (TPSA) is 29.1 Å². The Morgan fingerprint density at radius 2 is 2.06 bits per heavy atom. The molecule has 0 heterocycles. The molecule has 0 radical (unpaired) electrons. The number of carbonyl (C=O) groups excluding carboxylic acids is 1. The van der Waals surface area contributed by atoms with Gasteiger partial charge in [-0.1, -0.05) is 37.3 Å². The molecule has 1 atom stereocenters. The smallest absolute Gasteiger partial charge is 0.220 e. The number of amides is 1. The molecule has 1 N–H and O–H groups in total. The Balaban J connectivity index is 2.30. The lowest BCUT2D eigenvalue weighted by atomic mass is 10.1. The minimum atomic E-state index is 0.162. The van der Waals surface area contributed by atoms with E-state index < -0.39 is 0 Å². The van der Waals surface area contributed by atoms with Crippen molar-refractivity contribution in [1.82, 2.24) is 5.32 Å². The average Bonchev–Trinajstić information content (AvgIpc) is 2.37. The highest BCUT2D eigenvalue weighted by atomic mass is 32.2. The number of nitrogens with one attached hydrogen (secondary N) is 1. The lowest BCUT2D eigenvalue weighted by Crippen LogP contribution is -2.36. The maximum Gasteiger partial charge on any atom is 0.220 e. The fourth-order valence-electron chi connectivity index (χ4n) is 1.67. The van der Waals surface area contributed by atoms with Crippen molar-refractivity contribution in [3.05, 3.63) is 35.9 Å². The van der Waals surface area contributed by atoms with Gasteiger partial charge in [0.1, 0.15) is 0 Å². The lowest BCUT2D eigenvalue weighted by molar-refractivity contribution is -0.121. The van der Waals surface area contributed by atoms with Gasteiger partial charge in [-0.15, -0.1) is 0 Å². The van der Waals surface area contributed by atoms with Crippen molar-refractivity contribution in [3.63, 3.8) is 0 Å². The van der Waals surface area contributed by atoms with Crippen LogP contribution in [0.5, 0.6) is 0 Å². The van der Waals surface area contributed by atoms with E-state index in [9.17, 15) is 4.79 Å². The Labute approximate surface area is 108 Å². The molecule has 1 aromatic carbocycles. The van der Waals surface area contributed by atoms with E-state index in [0.717, 1.165) is 18.6 Å². The standard InChI is InChI=1S/C14H21NOS/c1-3-13(11-17-2)15-14(16)10-9-12-7-5-4-6-8-12/h4-8,13H,3,9-11H2,1-2H3,(H,15,16)/t13-/m1/s1. The van der Waals surface area contributed by atoms with Gasteiger partial charge in [0.25, 0.3) is 0 Å². The van der Waals surface area contributed by atoms with Crippen molar-refractivity contribution in [2.75, 3.05) is 12.0 Å². The Morgan fingerprint density at radius 1 is 1.35 bits per heavy atom. The summed E-state index contributed by atoms with van der Waals surface area (Å²) >= 11 is 1.78. The van der Waals surface area contributed by atoms with Crippen molar-refractivity contribution >= 4 is 17.7 Å². The SMILES string of the molecule is CC[C@H](CSC)NC(=O)CCc1ccccc1. The summed E-state index contributed by atoms with van der Waals surface area (Å²) in [6, 6.07) is 10.5. The monoisotopic (exact) mass is 251 g/mol. The van der Waals surface area contributed by atoms with E-state index in [1.54, 1.807) is 11.8 Å². The molecule has 94 valence electrons. The predicted molar refractivity (Wildman–Crippen MR) is 75.4 cm³/mol. The minimum absolute atomic E-state index is 0.162. The normalized spacial score (nSPS) is 12.1. The Hall–Kier alpha value is -0.960. The van der Waals surface area contributed by atoms with Crippen LogP contribution in [0.3, 0.4) is 0 Å². The molecule has 0 unspecified atom stereocenters. The van der Waals surface area contributed by atoms with Crippen LogP contribution in [0.15, 0.2) is 30.3 Å². The van der Waals surface area contributed by atoms with Crippen LogP contribution in [0, 0.1) is 0 Å². The maximum atomic E-state index is 11.7. The molecular weight excluding hydrogens is 230 g/mol. The Kier molecular flexibility index (Phi) is 6.78. The van der Waals surface area contributed by atoms with Crippen molar-refractivity contribution in [3.8, 4) is 0 Å². The van der Waals surface area contributed by atoms with Crippen molar-refractivity contribution in [1.29, 1.82) is 0 Å². The molecule has 3 heteroatoms. The molecule has 17 heavy (non-hydrogen) atoms. The first-order chi connectivity index (χ1) is 8.26. The van der Waals surface area contributed by atoms with Crippen LogP contribution in [0.4, 0.5) is 0 Å². The van der Waals surface area contributed by atoms with Crippen molar-refractivity contribution < 1.29 is 4.79 Å². The molecule has 1 amide bonds. The van der Waals surface area contributed by atoms with Crippen LogP contribution in [-0.2, 0) is 11.2 Å². The number of thioether (sulfide) groups is 1. The Morgan fingerprint density at radius 3 is 2.65 bits per heavy atom. The molecule has 1 aromatic rings. The third-order valence-corrected chi connectivity index (χ3v) is 3.45. The van der Waals surface area contributed by atoms with Gasteiger partial charge in [0.15, 0.2) is 0 Å². The summed E-state index contributed by atoms with van der Waals surface area (Å²) in [4.78, 5) is 11.7. The maximum absolute atomic E-state index is 11.7. The molecule has 0 aliphatic rings. The summed E-state index contributed by atoms with van der Waals surface area (Å²) in [6.07, 6.45) is 4.47. The van der Waals surface area contributed by atoms with Crippen LogP contribution in [0.2, 0.25) is 0 Å². The number of benzene rings is 1. The number of rotatable bonds is 7. The molecule has 0 aliphatic heterocycles. The summed E-state index contributed by atoms with van der Waals surface area (Å²) in [5.74, 6) is 1.16. The largest absolute Gasteiger partial charge is 0.353 e. The average molecular weight is 251 g/mol. The van der Waals surface area contributed by atoms with Gasteiger partial charge in [0.2, 0.25) is 5.91 Å². The minimum Gasteiger partial charge on any atom is -0.353 e. The van der Waals surface area contributed by atoms with E-state index in [-0.39, 0.29) is 5.91 Å². The molecule has 0 fully saturated rings. The molecule has 0 saturated heterocycles. The zero-order valence-corrected chi connectivity index (χ0v) is 11.4. The van der Waals surface area contributed by atoms with Crippen LogP contribution < -0.4 is 5.32 Å². The molecule has 0 spiro atoms. The first kappa shape index (κ1) is 14.1. The molecule has 2 nitrogen and oxygen atoms in total. The summed E-state index contributed by atoms with van der Waals surface area (Å²) < 4.78 is 0. The molecule has 1 rings (SSSR count). The van der Waals surface area contributed by atoms with Gasteiger partial charge in [-0.05, 0) is 24.7 Å². The number of hydrogen-bond donors (Lipinski definition) is 1. The van der Waals surface area contributed by atoms with Gasteiger partial charge in [0.05, 0.1) is 0 Å². The number of hydrogen-bond acceptors (Lipinski definition) is 2. The van der Waals surface area contributed by atoms with Gasteiger partial charge in [-0.3, -0.25) is 4.79 Å². The fourth-order valence-corrected chi connectivity index (χ4v) is 2.39. The van der Waals surface area contributed by atoms with Gasteiger partial charge in [-0.25, -0.2) is 0 Å². The fraction of sp³-hybridized carbons (Fsp3) is 0.500. The third-order valence-electron chi connectivity index (χ3n) is 2.71. The van der Waals surface area contributed by atoms with Gasteiger partial charge < -0.3 is 5.32 Å². The van der Waals surface area contributed by atoms with Crippen molar-refractivity contribution in [2.24, 2.45) is 0 Å². The first-order valence-electron chi connectivity index (χ1n) is 6.08. The molecular formula is C14H21NOS. The highest BCUT2D eigenvalue weighted by Crippen LogP contribution is 2.04. The second-order valence-corrected chi connectivity index (χ2v) is 5.02. The van der Waals surface area contributed by atoms with E-state index in [0.29, 0.717) is 12.5 Å². The second-order valence-electron chi connectivity index (χ2n) is 4.11. The van der Waals surface area contributed by atoms with E-state index in [1.165, 1.54) is 5.56 Å². The van der Waals surface area contributed by atoms with Gasteiger partial charge >= 0.3 is 0 Å². The summed E-state index contributed by atoms with van der Waals surface area (Å²) in [5.41, 5.74) is 1.22. The lowest BCUT2D eigenvalue weighted by Gasteiger charge is -2.15. The van der Waals surface area contributed by atoms with E-state index in [4.69, 9.17) is 0 Å². The quantitative estimate of drug-likeness (QED) is 0.807. The molecule has 0 aliphatic carbocycles. The second kappa shape index (κ2) is 8.18. The van der Waals surface area contributed by atoms with Crippen molar-refractivity contribution in [2.45, 2.75) is 32.2 Å². The van der Waals surface area contributed by atoms with Crippen LogP contribution in [-0.4, -0.2) is 24.0 Å². The van der Waals surface area contributed by atoms with Crippen LogP contribution in [0.1, 0.15) is 25.3 Å². The van der Waals surface area contributed by atoms with Crippen LogP contribution >= 0.6 is 11.8 Å². The zero-order valence-electron chi connectivity index (χ0n) is 10.6. The van der Waals surface area contributed by atoms with Gasteiger partial charge in [0, 0.05) is 18.2 Å². The summed E-state index contributed by atoms with van der Waals surface area (Å²) in [7, 11) is 0. The van der Waals surface area contributed by atoms with E-state index in [1.807, 2.05) is 18.2 Å². The molecule has 0 bridgehead atoms. The summed E-state index contributed by atoms with van der Waals surface area (Å²) in [5, 5.41) is 3.08. The highest BCUT2D eigenvalue weighted by molar-refractivity contribution is 7.98. The Bertz CT molecular complexity index is 326. The van der Waals surface area contributed by atoms with E-state index in [2.05, 4.69) is 30.6 Å². The number of carbonyl (C=O) groups is 1. The first-order valence-corrected chi connectivity index (χ1v) is 7.47. The molecule has 0 aromatic heterocycles. The van der Waals surface area contributed by atoms with E-state index >= 15 is 0 Å². The van der Waals surface area contributed by atoms with Gasteiger partial charge in [-0.2, -0.15) is 11.8 Å². The number of aryl methyl sites for hydroxylation is 1. The zero-order chi connectivity index (χ0) is 12.5. The highest BCUT2D eigenvalue weighted by Gasteiger charge is 2.09. The summed E-state index contributed by atoms with van der Waals surface area (Å²) in [6.45, 7) is 2.11. The predicted octanol–water partition coefficient (Wildman–Crippen LogP) is 2.88. The van der Waals surface area contributed by atoms with Crippen LogP contribution in [0.25, 0.3) is 0 Å². The third kappa shape index (κ3) is 5.78.